The maximum absolute atomic E-state index is 12.7. The van der Waals surface area contributed by atoms with E-state index in [1.54, 1.807) is 6.33 Å². The molecule has 3 heterocycles. The maximum atomic E-state index is 12.7. The molecule has 1 aromatic heterocycles. The number of carbonyl (C=O) groups excluding carboxylic acids is 1. The molecule has 3 rings (SSSR count). The zero-order valence-electron chi connectivity index (χ0n) is 12.3. The molecular weight excluding hydrogens is 254 g/mol. The molecule has 6 nitrogen and oxygen atoms in total. The van der Waals surface area contributed by atoms with Crippen molar-refractivity contribution >= 4 is 5.91 Å². The SMILES string of the molecule is Cn1cnnc1C1CCCN(C(=O)C2(C)CCCN2)C1. The van der Waals surface area contributed by atoms with E-state index in [-0.39, 0.29) is 11.4 Å². The summed E-state index contributed by atoms with van der Waals surface area (Å²) in [5.41, 5.74) is -0.359. The quantitative estimate of drug-likeness (QED) is 0.863. The molecule has 2 unspecified atom stereocenters. The van der Waals surface area contributed by atoms with E-state index < -0.39 is 0 Å². The molecule has 0 bridgehead atoms. The van der Waals surface area contributed by atoms with E-state index in [1.807, 2.05) is 23.4 Å². The van der Waals surface area contributed by atoms with Crippen LogP contribution in [0.1, 0.15) is 44.3 Å². The summed E-state index contributed by atoms with van der Waals surface area (Å²) in [6.45, 7) is 4.62. The Bertz CT molecular complexity index is 492. The Labute approximate surface area is 119 Å². The van der Waals surface area contributed by atoms with Gasteiger partial charge in [-0.25, -0.2) is 0 Å². The van der Waals surface area contributed by atoms with Gasteiger partial charge in [-0.3, -0.25) is 4.79 Å². The van der Waals surface area contributed by atoms with Crippen molar-refractivity contribution in [2.75, 3.05) is 19.6 Å². The fourth-order valence-electron chi connectivity index (χ4n) is 3.46. The van der Waals surface area contributed by atoms with E-state index in [1.165, 1.54) is 0 Å². The van der Waals surface area contributed by atoms with Gasteiger partial charge in [0.2, 0.25) is 5.91 Å². The van der Waals surface area contributed by atoms with Crippen molar-refractivity contribution in [3.63, 3.8) is 0 Å². The van der Waals surface area contributed by atoms with Gasteiger partial charge in [-0.05, 0) is 39.2 Å². The predicted molar refractivity (Wildman–Crippen MR) is 75.2 cm³/mol. The molecule has 2 saturated heterocycles. The van der Waals surface area contributed by atoms with Crippen molar-refractivity contribution in [3.05, 3.63) is 12.2 Å². The van der Waals surface area contributed by atoms with E-state index >= 15 is 0 Å². The molecule has 1 aromatic rings. The predicted octanol–water partition coefficient (Wildman–Crippen LogP) is 0.663. The highest BCUT2D eigenvalue weighted by molar-refractivity contribution is 5.86. The first kappa shape index (κ1) is 13.5. The second kappa shape index (κ2) is 5.16. The number of rotatable bonds is 2. The van der Waals surface area contributed by atoms with E-state index in [2.05, 4.69) is 15.5 Å². The summed E-state index contributed by atoms with van der Waals surface area (Å²) >= 11 is 0. The molecule has 2 atom stereocenters. The fraction of sp³-hybridized carbons (Fsp3) is 0.786. The topological polar surface area (TPSA) is 63.1 Å². The highest BCUT2D eigenvalue weighted by Gasteiger charge is 2.40. The number of nitrogens with zero attached hydrogens (tertiary/aromatic N) is 4. The van der Waals surface area contributed by atoms with Crippen LogP contribution in [0.2, 0.25) is 0 Å². The van der Waals surface area contributed by atoms with Gasteiger partial charge in [-0.15, -0.1) is 10.2 Å². The lowest BCUT2D eigenvalue weighted by Gasteiger charge is -2.37. The summed E-state index contributed by atoms with van der Waals surface area (Å²) in [6.07, 6.45) is 5.88. The molecule has 2 aliphatic rings. The maximum Gasteiger partial charge on any atom is 0.242 e. The summed E-state index contributed by atoms with van der Waals surface area (Å²) < 4.78 is 1.97. The van der Waals surface area contributed by atoms with E-state index in [0.717, 1.165) is 51.1 Å². The second-order valence-electron chi connectivity index (χ2n) is 6.25. The number of hydrogen-bond donors (Lipinski definition) is 1. The van der Waals surface area contributed by atoms with E-state index in [0.29, 0.717) is 5.92 Å². The van der Waals surface area contributed by atoms with Gasteiger partial charge in [0.05, 0.1) is 5.54 Å². The van der Waals surface area contributed by atoms with Crippen molar-refractivity contribution in [2.45, 2.75) is 44.1 Å². The zero-order chi connectivity index (χ0) is 14.2. The smallest absolute Gasteiger partial charge is 0.242 e. The average Bonchev–Trinajstić information content (AvgIpc) is 3.08. The van der Waals surface area contributed by atoms with Crippen LogP contribution in [0.4, 0.5) is 0 Å². The van der Waals surface area contributed by atoms with Crippen LogP contribution in [0.3, 0.4) is 0 Å². The zero-order valence-corrected chi connectivity index (χ0v) is 12.3. The molecule has 0 radical (unpaired) electrons. The second-order valence-corrected chi connectivity index (χ2v) is 6.25. The summed E-state index contributed by atoms with van der Waals surface area (Å²) in [5.74, 6) is 1.55. The Morgan fingerprint density at radius 3 is 3.00 bits per heavy atom. The van der Waals surface area contributed by atoms with Crippen molar-refractivity contribution in [1.82, 2.24) is 25.0 Å². The molecule has 0 aromatic carbocycles. The minimum absolute atomic E-state index is 0.252. The number of nitrogens with one attached hydrogen (secondary N) is 1. The number of hydrogen-bond acceptors (Lipinski definition) is 4. The molecule has 2 aliphatic heterocycles. The number of likely N-dealkylation sites (tertiary alicyclic amines) is 1. The van der Waals surface area contributed by atoms with Gasteiger partial charge in [0, 0.05) is 26.1 Å². The lowest BCUT2D eigenvalue weighted by Crippen LogP contribution is -2.55. The van der Waals surface area contributed by atoms with E-state index in [4.69, 9.17) is 0 Å². The Morgan fingerprint density at radius 1 is 1.50 bits per heavy atom. The molecule has 0 saturated carbocycles. The molecule has 1 N–H and O–H groups in total. The number of aromatic nitrogens is 3. The average molecular weight is 277 g/mol. The van der Waals surface area contributed by atoms with Crippen LogP contribution in [-0.4, -0.2) is 50.7 Å². The normalized spacial score (nSPS) is 30.7. The Hall–Kier alpha value is -1.43. The minimum atomic E-state index is -0.359. The molecule has 2 fully saturated rings. The monoisotopic (exact) mass is 277 g/mol. The van der Waals surface area contributed by atoms with Gasteiger partial charge in [-0.1, -0.05) is 0 Å². The molecule has 6 heteroatoms. The van der Waals surface area contributed by atoms with Crippen LogP contribution in [0.25, 0.3) is 0 Å². The number of amides is 1. The molecule has 1 amide bonds. The van der Waals surface area contributed by atoms with Gasteiger partial charge in [0.15, 0.2) is 0 Å². The Balaban J connectivity index is 1.72. The number of piperidine rings is 1. The number of carbonyl (C=O) groups is 1. The standard InChI is InChI=1S/C14H23N5O/c1-14(6-4-7-15-14)13(20)19-8-3-5-11(9-19)12-17-16-10-18(12)2/h10-11,15H,3-9H2,1-2H3. The van der Waals surface area contributed by atoms with Crippen LogP contribution in [0, 0.1) is 0 Å². The molecule has 20 heavy (non-hydrogen) atoms. The molecule has 0 spiro atoms. The molecule has 110 valence electrons. The summed E-state index contributed by atoms with van der Waals surface area (Å²) in [7, 11) is 1.97. The first-order valence-electron chi connectivity index (χ1n) is 7.48. The number of aryl methyl sites for hydroxylation is 1. The van der Waals surface area contributed by atoms with Crippen molar-refractivity contribution < 1.29 is 4.79 Å². The van der Waals surface area contributed by atoms with Gasteiger partial charge in [-0.2, -0.15) is 0 Å². The largest absolute Gasteiger partial charge is 0.340 e. The molecule has 0 aliphatic carbocycles. The third-order valence-electron chi connectivity index (χ3n) is 4.66. The highest BCUT2D eigenvalue weighted by atomic mass is 16.2. The van der Waals surface area contributed by atoms with Crippen LogP contribution in [-0.2, 0) is 11.8 Å². The van der Waals surface area contributed by atoms with Gasteiger partial charge in [0.1, 0.15) is 12.2 Å². The lowest BCUT2D eigenvalue weighted by atomic mass is 9.93. The molecular formula is C14H23N5O. The third kappa shape index (κ3) is 2.32. The Morgan fingerprint density at radius 2 is 2.35 bits per heavy atom. The first-order valence-corrected chi connectivity index (χ1v) is 7.48. The van der Waals surface area contributed by atoms with Gasteiger partial charge >= 0.3 is 0 Å². The van der Waals surface area contributed by atoms with Crippen LogP contribution < -0.4 is 5.32 Å². The van der Waals surface area contributed by atoms with E-state index in [9.17, 15) is 4.79 Å². The summed E-state index contributed by atoms with van der Waals surface area (Å²) in [4.78, 5) is 14.8. The first-order chi connectivity index (χ1) is 9.60. The van der Waals surface area contributed by atoms with Crippen LogP contribution >= 0.6 is 0 Å². The Kier molecular flexibility index (Phi) is 3.50. The van der Waals surface area contributed by atoms with Crippen molar-refractivity contribution in [3.8, 4) is 0 Å². The summed E-state index contributed by atoms with van der Waals surface area (Å²) in [5, 5.41) is 11.5. The highest BCUT2D eigenvalue weighted by Crippen LogP contribution is 2.28. The lowest BCUT2D eigenvalue weighted by molar-refractivity contribution is -0.138. The van der Waals surface area contributed by atoms with Crippen molar-refractivity contribution in [2.24, 2.45) is 7.05 Å². The summed E-state index contributed by atoms with van der Waals surface area (Å²) in [6, 6.07) is 0. The van der Waals surface area contributed by atoms with Crippen molar-refractivity contribution in [1.29, 1.82) is 0 Å². The van der Waals surface area contributed by atoms with Crippen LogP contribution in [0.15, 0.2) is 6.33 Å². The van der Waals surface area contributed by atoms with Gasteiger partial charge in [0.25, 0.3) is 0 Å². The minimum Gasteiger partial charge on any atom is -0.340 e. The third-order valence-corrected chi connectivity index (χ3v) is 4.66. The fourth-order valence-corrected chi connectivity index (χ4v) is 3.46. The van der Waals surface area contributed by atoms with Crippen LogP contribution in [0.5, 0.6) is 0 Å². The van der Waals surface area contributed by atoms with Gasteiger partial charge < -0.3 is 14.8 Å².